The Morgan fingerprint density at radius 3 is 2.80 bits per heavy atom. The summed E-state index contributed by atoms with van der Waals surface area (Å²) >= 11 is 1.03. The van der Waals surface area contributed by atoms with Gasteiger partial charge in [0.25, 0.3) is 0 Å². The van der Waals surface area contributed by atoms with Crippen molar-refractivity contribution in [3.8, 4) is 0 Å². The van der Waals surface area contributed by atoms with Gasteiger partial charge in [-0.1, -0.05) is 0 Å². The van der Waals surface area contributed by atoms with Crippen LogP contribution in [0.25, 0.3) is 0 Å². The minimum Gasteiger partial charge on any atom is -0.476 e. The molecule has 7 heteroatoms. The number of aromatic carboxylic acids is 1. The molecule has 82 valence electrons. The summed E-state index contributed by atoms with van der Waals surface area (Å²) in [6.45, 7) is 3.50. The molecule has 0 atom stereocenters. The Morgan fingerprint density at radius 2 is 2.40 bits per heavy atom. The molecule has 0 spiro atoms. The van der Waals surface area contributed by atoms with E-state index < -0.39 is 5.97 Å². The summed E-state index contributed by atoms with van der Waals surface area (Å²) in [5, 5.41) is 11.1. The highest BCUT2D eigenvalue weighted by Crippen LogP contribution is 2.20. The zero-order chi connectivity index (χ0) is 11.4. The van der Waals surface area contributed by atoms with E-state index in [4.69, 9.17) is 9.94 Å². The van der Waals surface area contributed by atoms with Crippen LogP contribution in [0.3, 0.4) is 0 Å². The van der Waals surface area contributed by atoms with E-state index in [1.165, 1.54) is 5.38 Å². The van der Waals surface area contributed by atoms with Crippen molar-refractivity contribution in [3.63, 3.8) is 0 Å². The van der Waals surface area contributed by atoms with Crippen LogP contribution in [0.15, 0.2) is 5.38 Å². The largest absolute Gasteiger partial charge is 0.476 e. The Morgan fingerprint density at radius 1 is 1.73 bits per heavy atom. The van der Waals surface area contributed by atoms with Gasteiger partial charge in [-0.05, 0) is 13.8 Å². The number of carbonyl (C=O) groups excluding carboxylic acids is 1. The lowest BCUT2D eigenvalue weighted by atomic mass is 10.5. The van der Waals surface area contributed by atoms with Crippen molar-refractivity contribution in [2.45, 2.75) is 20.0 Å². The second kappa shape index (κ2) is 4.85. The molecule has 0 aliphatic rings. The first kappa shape index (κ1) is 11.6. The van der Waals surface area contributed by atoms with E-state index in [0.717, 1.165) is 16.4 Å². The van der Waals surface area contributed by atoms with Crippen LogP contribution < -0.4 is 5.06 Å². The summed E-state index contributed by atoms with van der Waals surface area (Å²) in [7, 11) is 0. The number of anilines is 1. The summed E-state index contributed by atoms with van der Waals surface area (Å²) in [4.78, 5) is 30.0. The highest BCUT2D eigenvalue weighted by molar-refractivity contribution is 7.14. The van der Waals surface area contributed by atoms with Crippen LogP contribution in [0.5, 0.6) is 0 Å². The fourth-order valence-corrected chi connectivity index (χ4v) is 1.52. The summed E-state index contributed by atoms with van der Waals surface area (Å²) in [5.41, 5.74) is -0.103. The minimum absolute atomic E-state index is 0.103. The Kier molecular flexibility index (Phi) is 3.75. The second-order valence-electron chi connectivity index (χ2n) is 2.91. The van der Waals surface area contributed by atoms with Gasteiger partial charge >= 0.3 is 5.97 Å². The van der Waals surface area contributed by atoms with Crippen molar-refractivity contribution in [1.82, 2.24) is 4.98 Å². The number of aromatic nitrogens is 1. The molecule has 6 nitrogen and oxygen atoms in total. The number of hydroxylamine groups is 1. The van der Waals surface area contributed by atoms with E-state index in [2.05, 4.69) is 4.98 Å². The van der Waals surface area contributed by atoms with E-state index in [0.29, 0.717) is 6.41 Å². The molecule has 1 rings (SSSR count). The number of hydrogen-bond acceptors (Lipinski definition) is 5. The number of carbonyl (C=O) groups is 2. The van der Waals surface area contributed by atoms with Crippen LogP contribution in [0.1, 0.15) is 24.3 Å². The van der Waals surface area contributed by atoms with Gasteiger partial charge in [-0.3, -0.25) is 9.63 Å². The van der Waals surface area contributed by atoms with Gasteiger partial charge < -0.3 is 5.11 Å². The number of amides is 1. The van der Waals surface area contributed by atoms with Crippen LogP contribution >= 0.6 is 11.3 Å². The molecule has 0 saturated heterocycles. The quantitative estimate of drug-likeness (QED) is 0.606. The summed E-state index contributed by atoms with van der Waals surface area (Å²) in [6.07, 6.45) is 0.261. The first-order valence-corrected chi connectivity index (χ1v) is 5.02. The van der Waals surface area contributed by atoms with Crippen LogP contribution in [-0.4, -0.2) is 28.6 Å². The highest BCUT2D eigenvalue weighted by atomic mass is 32.1. The average molecular weight is 230 g/mol. The SMILES string of the molecule is CC(C)ON(C=O)c1nc(C(=O)O)cs1. The summed E-state index contributed by atoms with van der Waals surface area (Å²) in [6, 6.07) is 0. The van der Waals surface area contributed by atoms with Gasteiger partial charge in [0.1, 0.15) is 0 Å². The molecule has 0 aliphatic carbocycles. The number of nitrogens with zero attached hydrogens (tertiary/aromatic N) is 2. The van der Waals surface area contributed by atoms with Crippen molar-refractivity contribution < 1.29 is 19.5 Å². The molecule has 1 N–H and O–H groups in total. The zero-order valence-electron chi connectivity index (χ0n) is 8.21. The number of thiazole rings is 1. The molecule has 1 amide bonds. The monoisotopic (exact) mass is 230 g/mol. The molecule has 0 bridgehead atoms. The van der Waals surface area contributed by atoms with Crippen LogP contribution in [0, 0.1) is 0 Å². The molecular formula is C8H10N2O4S. The Labute approximate surface area is 90.1 Å². The van der Waals surface area contributed by atoms with E-state index in [9.17, 15) is 9.59 Å². The lowest BCUT2D eigenvalue weighted by Gasteiger charge is -2.15. The van der Waals surface area contributed by atoms with Crippen molar-refractivity contribution in [2.24, 2.45) is 0 Å². The van der Waals surface area contributed by atoms with Gasteiger partial charge in [-0.15, -0.1) is 11.3 Å². The Bertz CT molecular complexity index is 363. The number of rotatable bonds is 5. The fraction of sp³-hybridized carbons (Fsp3) is 0.375. The molecule has 1 aromatic rings. The maximum absolute atomic E-state index is 10.6. The maximum atomic E-state index is 10.6. The normalized spacial score (nSPS) is 10.3. The lowest BCUT2D eigenvalue weighted by molar-refractivity contribution is -0.115. The first-order chi connectivity index (χ1) is 7.04. The van der Waals surface area contributed by atoms with Gasteiger partial charge in [0, 0.05) is 5.38 Å². The smallest absolute Gasteiger partial charge is 0.355 e. The predicted molar refractivity (Wildman–Crippen MR) is 53.8 cm³/mol. The first-order valence-electron chi connectivity index (χ1n) is 4.14. The topological polar surface area (TPSA) is 79.7 Å². The van der Waals surface area contributed by atoms with E-state index in [1.807, 2.05) is 0 Å². The molecule has 1 aromatic heterocycles. The number of carboxylic acids is 1. The van der Waals surface area contributed by atoms with Crippen molar-refractivity contribution in [1.29, 1.82) is 0 Å². The molecule has 0 fully saturated rings. The third kappa shape index (κ3) is 3.00. The Hall–Kier alpha value is -1.47. The van der Waals surface area contributed by atoms with Crippen LogP contribution in [0.4, 0.5) is 5.13 Å². The number of hydrogen-bond donors (Lipinski definition) is 1. The lowest BCUT2D eigenvalue weighted by Crippen LogP contribution is -2.25. The predicted octanol–water partition coefficient (Wildman–Crippen LogP) is 1.14. The van der Waals surface area contributed by atoms with Crippen molar-refractivity contribution in [3.05, 3.63) is 11.1 Å². The van der Waals surface area contributed by atoms with E-state index in [-0.39, 0.29) is 16.9 Å². The maximum Gasteiger partial charge on any atom is 0.355 e. The second-order valence-corrected chi connectivity index (χ2v) is 3.74. The molecule has 0 aliphatic heterocycles. The van der Waals surface area contributed by atoms with Crippen molar-refractivity contribution >= 4 is 28.8 Å². The average Bonchev–Trinajstić information content (AvgIpc) is 2.62. The minimum atomic E-state index is -1.13. The number of carboxylic acid groups (broad SMARTS) is 1. The van der Waals surface area contributed by atoms with Gasteiger partial charge in [-0.2, -0.15) is 5.06 Å². The van der Waals surface area contributed by atoms with E-state index >= 15 is 0 Å². The van der Waals surface area contributed by atoms with Crippen LogP contribution in [0.2, 0.25) is 0 Å². The van der Waals surface area contributed by atoms with Crippen molar-refractivity contribution in [2.75, 3.05) is 5.06 Å². The molecule has 0 unspecified atom stereocenters. The Balaban J connectivity index is 2.83. The zero-order valence-corrected chi connectivity index (χ0v) is 9.02. The molecular weight excluding hydrogens is 220 g/mol. The third-order valence-corrected chi connectivity index (χ3v) is 2.14. The van der Waals surface area contributed by atoms with Gasteiger partial charge in [0.15, 0.2) is 5.69 Å². The molecule has 0 radical (unpaired) electrons. The molecule has 0 aromatic carbocycles. The fourth-order valence-electron chi connectivity index (χ4n) is 0.806. The molecule has 15 heavy (non-hydrogen) atoms. The summed E-state index contributed by atoms with van der Waals surface area (Å²) < 4.78 is 0. The van der Waals surface area contributed by atoms with E-state index in [1.54, 1.807) is 13.8 Å². The molecule has 0 saturated carbocycles. The van der Waals surface area contributed by atoms with Gasteiger partial charge in [-0.25, -0.2) is 9.78 Å². The highest BCUT2D eigenvalue weighted by Gasteiger charge is 2.15. The standard InChI is InChI=1S/C8H10N2O4S/c1-5(2)14-10(4-11)8-9-6(3-15-8)7(12)13/h3-5H,1-2H3,(H,12,13). The van der Waals surface area contributed by atoms with Gasteiger partial charge in [0.05, 0.1) is 6.10 Å². The third-order valence-electron chi connectivity index (χ3n) is 1.32. The summed E-state index contributed by atoms with van der Waals surface area (Å²) in [5.74, 6) is -1.13. The molecule has 1 heterocycles. The van der Waals surface area contributed by atoms with Gasteiger partial charge in [0.2, 0.25) is 11.5 Å². The van der Waals surface area contributed by atoms with Crippen LogP contribution in [-0.2, 0) is 9.63 Å².